The average Bonchev–Trinajstić information content (AvgIpc) is 3.48. The summed E-state index contributed by atoms with van der Waals surface area (Å²) in [4.78, 5) is 42.8. The lowest BCUT2D eigenvalue weighted by Crippen LogP contribution is -2.57. The van der Waals surface area contributed by atoms with Crippen LogP contribution in [-0.2, 0) is 23.9 Å². The van der Waals surface area contributed by atoms with Crippen LogP contribution in [0, 0.1) is 24.7 Å². The number of aryl methyl sites for hydroxylation is 1. The van der Waals surface area contributed by atoms with Crippen LogP contribution in [0.3, 0.4) is 0 Å². The fourth-order valence-electron chi connectivity index (χ4n) is 6.63. The summed E-state index contributed by atoms with van der Waals surface area (Å²) < 4.78 is 11.6. The number of fused-ring (bicyclic) bond motifs is 1. The number of likely N-dealkylation sites (tertiary alicyclic amines) is 1. The number of anilines is 1. The predicted octanol–water partition coefficient (Wildman–Crippen LogP) is 2.82. The van der Waals surface area contributed by atoms with Crippen LogP contribution < -0.4 is 10.6 Å². The Morgan fingerprint density at radius 2 is 2.03 bits per heavy atom. The summed E-state index contributed by atoms with van der Waals surface area (Å²) in [6.45, 7) is 4.98. The molecular weight excluding hydrogens is 458 g/mol. The maximum atomic E-state index is 13.9. The van der Waals surface area contributed by atoms with Crippen molar-refractivity contribution in [2.45, 2.75) is 69.7 Å². The number of methoxy groups -OCH3 is 1. The predicted molar refractivity (Wildman–Crippen MR) is 135 cm³/mol. The SMILES string of the molecule is COCCCN1C(=O)[C@H]2[C@H](C(=O)Nc3cccc(C)c3)[C@H]3C=C[C@@]2(O3)[C@@H]1C(=O)N[C@H]1CCCC[C@@H]1C. The average molecular weight is 496 g/mol. The van der Waals surface area contributed by atoms with Crippen molar-refractivity contribution in [1.29, 1.82) is 0 Å². The third kappa shape index (κ3) is 4.24. The van der Waals surface area contributed by atoms with Gasteiger partial charge in [-0.25, -0.2) is 0 Å². The van der Waals surface area contributed by atoms with Gasteiger partial charge in [0, 0.05) is 32.0 Å². The Morgan fingerprint density at radius 3 is 2.78 bits per heavy atom. The molecule has 5 rings (SSSR count). The molecule has 8 heteroatoms. The van der Waals surface area contributed by atoms with E-state index in [0.29, 0.717) is 31.2 Å². The van der Waals surface area contributed by atoms with Crippen LogP contribution in [0.1, 0.15) is 44.6 Å². The van der Waals surface area contributed by atoms with Gasteiger partial charge >= 0.3 is 0 Å². The quantitative estimate of drug-likeness (QED) is 0.427. The third-order valence-electron chi connectivity index (χ3n) is 8.40. The Balaban J connectivity index is 1.42. The molecule has 2 saturated heterocycles. The monoisotopic (exact) mass is 495 g/mol. The number of hydrogen-bond donors (Lipinski definition) is 2. The fraction of sp³-hybridized carbons (Fsp3) is 0.607. The highest BCUT2D eigenvalue weighted by Gasteiger charge is 2.72. The number of hydrogen-bond acceptors (Lipinski definition) is 5. The van der Waals surface area contributed by atoms with Gasteiger partial charge in [-0.05, 0) is 49.8 Å². The van der Waals surface area contributed by atoms with Crippen LogP contribution in [-0.4, -0.2) is 66.7 Å². The van der Waals surface area contributed by atoms with Crippen LogP contribution in [0.5, 0.6) is 0 Å². The molecule has 1 aromatic rings. The molecule has 7 atom stereocenters. The summed E-state index contributed by atoms with van der Waals surface area (Å²) in [5.74, 6) is -1.68. The zero-order valence-electron chi connectivity index (χ0n) is 21.4. The van der Waals surface area contributed by atoms with E-state index in [4.69, 9.17) is 9.47 Å². The molecule has 3 amide bonds. The summed E-state index contributed by atoms with van der Waals surface area (Å²) in [5.41, 5.74) is 0.581. The van der Waals surface area contributed by atoms with E-state index < -0.39 is 29.6 Å². The van der Waals surface area contributed by atoms with Crippen LogP contribution in [0.4, 0.5) is 5.69 Å². The highest BCUT2D eigenvalue weighted by molar-refractivity contribution is 6.02. The van der Waals surface area contributed by atoms with Crippen molar-refractivity contribution in [3.05, 3.63) is 42.0 Å². The molecule has 1 spiro atoms. The minimum atomic E-state index is -1.13. The van der Waals surface area contributed by atoms with Crippen molar-refractivity contribution in [2.75, 3.05) is 25.6 Å². The van der Waals surface area contributed by atoms with Crippen LogP contribution in [0.15, 0.2) is 36.4 Å². The van der Waals surface area contributed by atoms with Gasteiger partial charge in [0.15, 0.2) is 0 Å². The number of carbonyl (C=O) groups excluding carboxylic acids is 3. The lowest BCUT2D eigenvalue weighted by atomic mass is 9.74. The molecule has 3 aliphatic heterocycles. The van der Waals surface area contributed by atoms with Gasteiger partial charge in [-0.15, -0.1) is 0 Å². The van der Waals surface area contributed by atoms with Gasteiger partial charge < -0.3 is 25.0 Å². The van der Waals surface area contributed by atoms with Crippen LogP contribution in [0.2, 0.25) is 0 Å². The first-order chi connectivity index (χ1) is 17.4. The molecular formula is C28H37N3O5. The smallest absolute Gasteiger partial charge is 0.246 e. The molecule has 1 saturated carbocycles. The van der Waals surface area contributed by atoms with Crippen LogP contribution >= 0.6 is 0 Å². The Hall–Kier alpha value is -2.71. The molecule has 0 radical (unpaired) electrons. The van der Waals surface area contributed by atoms with Crippen molar-refractivity contribution in [2.24, 2.45) is 17.8 Å². The van der Waals surface area contributed by atoms with E-state index in [1.54, 1.807) is 12.0 Å². The van der Waals surface area contributed by atoms with Gasteiger partial charge in [-0.1, -0.05) is 44.1 Å². The first kappa shape index (κ1) is 25.0. The fourth-order valence-corrected chi connectivity index (χ4v) is 6.63. The minimum Gasteiger partial charge on any atom is -0.385 e. The molecule has 3 fully saturated rings. The van der Waals surface area contributed by atoms with E-state index in [1.807, 2.05) is 43.3 Å². The number of ether oxygens (including phenoxy) is 2. The van der Waals surface area contributed by atoms with Crippen molar-refractivity contribution in [3.63, 3.8) is 0 Å². The number of amides is 3. The van der Waals surface area contributed by atoms with Gasteiger partial charge in [0.25, 0.3) is 0 Å². The molecule has 36 heavy (non-hydrogen) atoms. The molecule has 2 bridgehead atoms. The molecule has 8 nitrogen and oxygen atoms in total. The summed E-state index contributed by atoms with van der Waals surface area (Å²) in [5, 5.41) is 6.23. The molecule has 194 valence electrons. The second-order valence-corrected chi connectivity index (χ2v) is 10.8. The second kappa shape index (κ2) is 9.98. The first-order valence-corrected chi connectivity index (χ1v) is 13.2. The number of benzene rings is 1. The van der Waals surface area contributed by atoms with Crippen LogP contribution in [0.25, 0.3) is 0 Å². The molecule has 1 aromatic carbocycles. The Labute approximate surface area is 212 Å². The number of nitrogens with one attached hydrogen (secondary N) is 2. The van der Waals surface area contributed by atoms with E-state index in [2.05, 4.69) is 17.6 Å². The highest BCUT2D eigenvalue weighted by atomic mass is 16.5. The minimum absolute atomic E-state index is 0.0839. The first-order valence-electron chi connectivity index (χ1n) is 13.2. The van der Waals surface area contributed by atoms with Gasteiger partial charge in [0.1, 0.15) is 11.6 Å². The van der Waals surface area contributed by atoms with E-state index in [0.717, 1.165) is 24.8 Å². The Morgan fingerprint density at radius 1 is 1.22 bits per heavy atom. The van der Waals surface area contributed by atoms with Crippen molar-refractivity contribution >= 4 is 23.4 Å². The van der Waals surface area contributed by atoms with Gasteiger partial charge in [-0.3, -0.25) is 14.4 Å². The largest absolute Gasteiger partial charge is 0.385 e. The molecule has 0 unspecified atom stereocenters. The Kier molecular flexibility index (Phi) is 6.92. The lowest BCUT2D eigenvalue weighted by molar-refractivity contribution is -0.141. The summed E-state index contributed by atoms with van der Waals surface area (Å²) in [6.07, 6.45) is 8.07. The molecule has 0 aromatic heterocycles. The number of carbonyl (C=O) groups is 3. The van der Waals surface area contributed by atoms with E-state index >= 15 is 0 Å². The van der Waals surface area contributed by atoms with E-state index in [-0.39, 0.29) is 23.8 Å². The van der Waals surface area contributed by atoms with Gasteiger partial charge in [-0.2, -0.15) is 0 Å². The zero-order valence-corrected chi connectivity index (χ0v) is 21.4. The Bertz CT molecular complexity index is 1060. The molecule has 2 N–H and O–H groups in total. The highest BCUT2D eigenvalue weighted by Crippen LogP contribution is 2.55. The van der Waals surface area contributed by atoms with Crippen molar-refractivity contribution in [3.8, 4) is 0 Å². The third-order valence-corrected chi connectivity index (χ3v) is 8.40. The number of rotatable bonds is 8. The lowest BCUT2D eigenvalue weighted by Gasteiger charge is -2.36. The van der Waals surface area contributed by atoms with Gasteiger partial charge in [0.2, 0.25) is 17.7 Å². The maximum absolute atomic E-state index is 13.9. The van der Waals surface area contributed by atoms with Gasteiger partial charge in [0.05, 0.1) is 17.9 Å². The van der Waals surface area contributed by atoms with Crippen molar-refractivity contribution in [1.82, 2.24) is 10.2 Å². The molecule has 3 heterocycles. The summed E-state index contributed by atoms with van der Waals surface area (Å²) >= 11 is 0. The van der Waals surface area contributed by atoms with Crippen molar-refractivity contribution < 1.29 is 23.9 Å². The summed E-state index contributed by atoms with van der Waals surface area (Å²) in [7, 11) is 1.62. The molecule has 1 aliphatic carbocycles. The maximum Gasteiger partial charge on any atom is 0.246 e. The standard InChI is InChI=1S/C28H37N3O5/c1-17-8-6-10-19(16-17)29-25(32)22-21-12-13-28(36-21)23(22)27(34)31(14-7-15-35-3)24(28)26(33)30-20-11-5-4-9-18(20)2/h6,8,10,12-13,16,18,20-24H,4-5,7,9,11,14-15H2,1-3H3,(H,29,32)(H,30,33)/t18-,20-,21+,22+,23+,24-,28-/m0/s1. The number of nitrogens with zero attached hydrogens (tertiary/aromatic N) is 1. The van der Waals surface area contributed by atoms with E-state index in [9.17, 15) is 14.4 Å². The summed E-state index contributed by atoms with van der Waals surface area (Å²) in [6, 6.07) is 6.85. The second-order valence-electron chi connectivity index (χ2n) is 10.8. The zero-order chi connectivity index (χ0) is 25.4. The van der Waals surface area contributed by atoms with E-state index in [1.165, 1.54) is 6.42 Å². The topological polar surface area (TPSA) is 97.0 Å². The normalized spacial score (nSPS) is 34.6. The molecule has 4 aliphatic rings.